The summed E-state index contributed by atoms with van der Waals surface area (Å²) in [5.41, 5.74) is 7.91. The highest BCUT2D eigenvalue weighted by Crippen LogP contribution is 2.28. The van der Waals surface area contributed by atoms with Crippen molar-refractivity contribution in [3.05, 3.63) is 29.3 Å². The highest BCUT2D eigenvalue weighted by Gasteiger charge is 2.21. The lowest BCUT2D eigenvalue weighted by Crippen LogP contribution is -2.28. The number of aliphatic hydroxyl groups is 2. The van der Waals surface area contributed by atoms with E-state index in [1.807, 2.05) is 12.1 Å². The normalized spacial score (nSPS) is 14.1. The number of hydrogen-bond acceptors (Lipinski definition) is 4. The minimum atomic E-state index is -1.05. The fourth-order valence-electron chi connectivity index (χ4n) is 1.97. The highest BCUT2D eigenvalue weighted by atomic mass is 16.3. The first-order chi connectivity index (χ1) is 9.32. The van der Waals surface area contributed by atoms with Crippen LogP contribution in [0.5, 0.6) is 0 Å². The number of nitrogens with one attached hydrogen (secondary N) is 1. The molecule has 0 aliphatic carbocycles. The third kappa shape index (κ3) is 4.51. The molecule has 1 aromatic carbocycles. The molecule has 1 aromatic rings. The van der Waals surface area contributed by atoms with E-state index in [0.29, 0.717) is 23.7 Å². The second-order valence-corrected chi connectivity index (χ2v) is 5.33. The number of rotatable bonds is 6. The largest absolute Gasteiger partial charge is 0.398 e. The maximum Gasteiger partial charge on any atom is 0.216 e. The van der Waals surface area contributed by atoms with Crippen LogP contribution in [0.25, 0.3) is 0 Å². The van der Waals surface area contributed by atoms with E-state index >= 15 is 0 Å². The number of aliphatic hydroxyl groups excluding tert-OH is 2. The van der Waals surface area contributed by atoms with E-state index in [9.17, 15) is 15.0 Å². The lowest BCUT2D eigenvalue weighted by atomic mass is 9.94. The van der Waals surface area contributed by atoms with Gasteiger partial charge in [0.05, 0.1) is 6.10 Å². The summed E-state index contributed by atoms with van der Waals surface area (Å²) in [6.07, 6.45) is -1.75. The molecule has 0 aromatic heterocycles. The Morgan fingerprint density at radius 1 is 1.35 bits per heavy atom. The molecule has 0 saturated heterocycles. The van der Waals surface area contributed by atoms with Crippen molar-refractivity contribution in [1.29, 1.82) is 0 Å². The van der Waals surface area contributed by atoms with Gasteiger partial charge in [-0.2, -0.15) is 0 Å². The molecule has 112 valence electrons. The summed E-state index contributed by atoms with van der Waals surface area (Å²) in [5.74, 6) is 0.158. The Morgan fingerprint density at radius 2 is 2.00 bits per heavy atom. The van der Waals surface area contributed by atoms with Crippen LogP contribution in [0.1, 0.15) is 50.3 Å². The van der Waals surface area contributed by atoms with Gasteiger partial charge in [0.15, 0.2) is 0 Å². The van der Waals surface area contributed by atoms with Crippen LogP contribution in [-0.4, -0.2) is 28.8 Å². The minimum Gasteiger partial charge on any atom is -0.398 e. The molecule has 0 aliphatic heterocycles. The Morgan fingerprint density at radius 3 is 2.55 bits per heavy atom. The molecule has 0 bridgehead atoms. The molecule has 2 atom stereocenters. The zero-order chi connectivity index (χ0) is 15.3. The molecule has 5 nitrogen and oxygen atoms in total. The van der Waals surface area contributed by atoms with E-state index in [4.69, 9.17) is 5.73 Å². The van der Waals surface area contributed by atoms with Gasteiger partial charge in [0.2, 0.25) is 5.91 Å². The summed E-state index contributed by atoms with van der Waals surface area (Å²) in [6, 6.07) is 5.49. The number of carbonyl (C=O) groups excluding carboxylic acids is 1. The molecule has 0 fully saturated rings. The Kier molecular flexibility index (Phi) is 5.98. The first-order valence-electron chi connectivity index (χ1n) is 6.82. The Hall–Kier alpha value is -1.59. The van der Waals surface area contributed by atoms with Crippen molar-refractivity contribution in [2.45, 2.75) is 45.3 Å². The van der Waals surface area contributed by atoms with Gasteiger partial charge in [-0.1, -0.05) is 26.0 Å². The average Bonchev–Trinajstić information content (AvgIpc) is 2.37. The van der Waals surface area contributed by atoms with Crippen molar-refractivity contribution < 1.29 is 15.0 Å². The molecule has 1 amide bonds. The zero-order valence-electron chi connectivity index (χ0n) is 12.3. The summed E-state index contributed by atoms with van der Waals surface area (Å²) in [7, 11) is 0. The fourth-order valence-corrected chi connectivity index (χ4v) is 1.97. The quantitative estimate of drug-likeness (QED) is 0.591. The summed E-state index contributed by atoms with van der Waals surface area (Å²) >= 11 is 0. The molecule has 5 heteroatoms. The number of nitrogen functional groups attached to an aromatic ring is 1. The van der Waals surface area contributed by atoms with Gasteiger partial charge in [-0.05, 0) is 24.0 Å². The summed E-state index contributed by atoms with van der Waals surface area (Å²) < 4.78 is 0. The van der Waals surface area contributed by atoms with Gasteiger partial charge in [0.1, 0.15) is 6.10 Å². The Bertz CT molecular complexity index is 460. The number of anilines is 1. The molecule has 2 unspecified atom stereocenters. The topological polar surface area (TPSA) is 95.6 Å². The molecule has 1 rings (SSSR count). The van der Waals surface area contributed by atoms with E-state index in [2.05, 4.69) is 19.2 Å². The predicted molar refractivity (Wildman–Crippen MR) is 79.2 cm³/mol. The summed E-state index contributed by atoms with van der Waals surface area (Å²) in [4.78, 5) is 10.8. The van der Waals surface area contributed by atoms with Crippen LogP contribution >= 0.6 is 0 Å². The maximum atomic E-state index is 10.8. The van der Waals surface area contributed by atoms with Gasteiger partial charge in [-0.3, -0.25) is 4.79 Å². The lowest BCUT2D eigenvalue weighted by molar-refractivity contribution is -0.119. The van der Waals surface area contributed by atoms with Crippen LogP contribution in [0.2, 0.25) is 0 Å². The monoisotopic (exact) mass is 280 g/mol. The molecule has 0 radical (unpaired) electrons. The van der Waals surface area contributed by atoms with Gasteiger partial charge >= 0.3 is 0 Å². The second-order valence-electron chi connectivity index (χ2n) is 5.33. The number of carbonyl (C=O) groups is 1. The van der Waals surface area contributed by atoms with Crippen LogP contribution in [0.3, 0.4) is 0 Å². The molecular weight excluding hydrogens is 256 g/mol. The molecule has 0 aliphatic rings. The number of nitrogens with two attached hydrogens (primary N) is 1. The summed E-state index contributed by atoms with van der Waals surface area (Å²) in [6.45, 7) is 5.83. The fraction of sp³-hybridized carbons (Fsp3) is 0.533. The van der Waals surface area contributed by atoms with Crippen LogP contribution in [-0.2, 0) is 4.79 Å². The van der Waals surface area contributed by atoms with Gasteiger partial charge in [0, 0.05) is 24.7 Å². The third-order valence-corrected chi connectivity index (χ3v) is 3.27. The van der Waals surface area contributed by atoms with Crippen molar-refractivity contribution in [1.82, 2.24) is 5.32 Å². The first kappa shape index (κ1) is 16.5. The average molecular weight is 280 g/mol. The third-order valence-electron chi connectivity index (χ3n) is 3.27. The predicted octanol–water partition coefficient (Wildman–Crippen LogP) is 1.31. The molecule has 20 heavy (non-hydrogen) atoms. The van der Waals surface area contributed by atoms with Crippen molar-refractivity contribution in [3.63, 3.8) is 0 Å². The second kappa shape index (κ2) is 7.26. The van der Waals surface area contributed by atoms with Gasteiger partial charge in [-0.25, -0.2) is 0 Å². The number of benzene rings is 1. The van der Waals surface area contributed by atoms with E-state index in [0.717, 1.165) is 5.56 Å². The number of amides is 1. The van der Waals surface area contributed by atoms with E-state index < -0.39 is 12.2 Å². The minimum absolute atomic E-state index is 0.159. The van der Waals surface area contributed by atoms with Crippen LogP contribution < -0.4 is 11.1 Å². The standard InChI is InChI=1S/C15H24N2O3/c1-9(2)11-4-5-13(16)12(8-11)15(20)14(19)6-7-17-10(3)18/h4-5,8-9,14-15,19-20H,6-7,16H2,1-3H3,(H,17,18). The molecule has 0 saturated carbocycles. The van der Waals surface area contributed by atoms with Crippen LogP contribution in [0.15, 0.2) is 18.2 Å². The van der Waals surface area contributed by atoms with Crippen LogP contribution in [0, 0.1) is 0 Å². The van der Waals surface area contributed by atoms with Crippen molar-refractivity contribution in [2.24, 2.45) is 0 Å². The smallest absolute Gasteiger partial charge is 0.216 e. The molecule has 0 heterocycles. The highest BCUT2D eigenvalue weighted by molar-refractivity contribution is 5.72. The van der Waals surface area contributed by atoms with E-state index in [1.165, 1.54) is 6.92 Å². The molecular formula is C15H24N2O3. The van der Waals surface area contributed by atoms with Crippen molar-refractivity contribution in [3.8, 4) is 0 Å². The SMILES string of the molecule is CC(=O)NCCC(O)C(O)c1cc(C(C)C)ccc1N. The first-order valence-corrected chi connectivity index (χ1v) is 6.82. The summed E-state index contributed by atoms with van der Waals surface area (Å²) in [5, 5.41) is 22.8. The van der Waals surface area contributed by atoms with E-state index in [-0.39, 0.29) is 12.3 Å². The van der Waals surface area contributed by atoms with Gasteiger partial charge < -0.3 is 21.3 Å². The van der Waals surface area contributed by atoms with Gasteiger partial charge in [0.25, 0.3) is 0 Å². The van der Waals surface area contributed by atoms with E-state index in [1.54, 1.807) is 6.07 Å². The van der Waals surface area contributed by atoms with Crippen molar-refractivity contribution in [2.75, 3.05) is 12.3 Å². The molecule has 0 spiro atoms. The molecule has 5 N–H and O–H groups in total. The number of hydrogen-bond donors (Lipinski definition) is 4. The van der Waals surface area contributed by atoms with Crippen molar-refractivity contribution >= 4 is 11.6 Å². The Labute approximate surface area is 119 Å². The zero-order valence-corrected chi connectivity index (χ0v) is 12.3. The maximum absolute atomic E-state index is 10.8. The van der Waals surface area contributed by atoms with Crippen LogP contribution in [0.4, 0.5) is 5.69 Å². The van der Waals surface area contributed by atoms with Gasteiger partial charge in [-0.15, -0.1) is 0 Å². The lowest BCUT2D eigenvalue weighted by Gasteiger charge is -2.21. The Balaban J connectivity index is 2.77.